The van der Waals surface area contributed by atoms with E-state index in [1.165, 1.54) is 7.11 Å². The number of hydrogen-bond donors (Lipinski definition) is 0. The normalized spacial score (nSPS) is 20.6. The lowest BCUT2D eigenvalue weighted by Gasteiger charge is -2.27. The van der Waals surface area contributed by atoms with Crippen LogP contribution in [-0.4, -0.2) is 61.0 Å². The van der Waals surface area contributed by atoms with E-state index in [0.717, 1.165) is 19.4 Å². The molecular formula is C12H22N2O3. The molecule has 0 radical (unpaired) electrons. The van der Waals surface area contributed by atoms with Crippen LogP contribution in [0.4, 0.5) is 0 Å². The molecule has 0 aromatic carbocycles. The van der Waals surface area contributed by atoms with E-state index >= 15 is 0 Å². The second-order valence-electron chi connectivity index (χ2n) is 4.75. The average molecular weight is 242 g/mol. The Labute approximate surface area is 103 Å². The van der Waals surface area contributed by atoms with E-state index < -0.39 is 0 Å². The van der Waals surface area contributed by atoms with Gasteiger partial charge in [0.2, 0.25) is 5.91 Å². The van der Waals surface area contributed by atoms with E-state index in [1.54, 1.807) is 11.9 Å². The highest BCUT2D eigenvalue weighted by molar-refractivity contribution is 5.80. The number of nitrogens with zero attached hydrogens (tertiary/aromatic N) is 2. The summed E-state index contributed by atoms with van der Waals surface area (Å²) in [7, 11) is 3.18. The van der Waals surface area contributed by atoms with E-state index in [1.807, 2.05) is 18.7 Å². The predicted molar refractivity (Wildman–Crippen MR) is 64.5 cm³/mol. The second kappa shape index (κ2) is 6.00. The number of rotatable bonds is 4. The van der Waals surface area contributed by atoms with Crippen LogP contribution in [0.25, 0.3) is 0 Å². The van der Waals surface area contributed by atoms with Gasteiger partial charge in [-0.2, -0.15) is 0 Å². The molecule has 0 aliphatic carbocycles. The quantitative estimate of drug-likeness (QED) is 0.673. The number of amides is 1. The van der Waals surface area contributed by atoms with Gasteiger partial charge in [-0.05, 0) is 33.2 Å². The zero-order valence-electron chi connectivity index (χ0n) is 11.1. The summed E-state index contributed by atoms with van der Waals surface area (Å²) in [6.07, 6.45) is 1.73. The second-order valence-corrected chi connectivity index (χ2v) is 4.75. The SMILES string of the molecule is COC(=O)C1CCCN1CC(=O)N(C)C(C)C. The van der Waals surface area contributed by atoms with Gasteiger partial charge in [-0.25, -0.2) is 0 Å². The fourth-order valence-electron chi connectivity index (χ4n) is 1.99. The van der Waals surface area contributed by atoms with E-state index in [-0.39, 0.29) is 24.0 Å². The molecule has 0 N–H and O–H groups in total. The third kappa shape index (κ3) is 3.43. The third-order valence-electron chi connectivity index (χ3n) is 3.34. The van der Waals surface area contributed by atoms with Crippen molar-refractivity contribution in [2.24, 2.45) is 0 Å². The molecule has 1 saturated heterocycles. The molecule has 1 amide bonds. The van der Waals surface area contributed by atoms with Gasteiger partial charge >= 0.3 is 5.97 Å². The molecule has 1 unspecified atom stereocenters. The van der Waals surface area contributed by atoms with Crippen molar-refractivity contribution in [2.75, 3.05) is 27.2 Å². The number of likely N-dealkylation sites (tertiary alicyclic amines) is 1. The van der Waals surface area contributed by atoms with Crippen molar-refractivity contribution in [2.45, 2.75) is 38.8 Å². The van der Waals surface area contributed by atoms with Crippen LogP contribution in [0.3, 0.4) is 0 Å². The van der Waals surface area contributed by atoms with E-state index in [4.69, 9.17) is 4.74 Å². The lowest BCUT2D eigenvalue weighted by molar-refractivity contribution is -0.146. The maximum absolute atomic E-state index is 11.9. The number of ether oxygens (including phenoxy) is 1. The summed E-state index contributed by atoms with van der Waals surface area (Å²) in [5.74, 6) is -0.182. The minimum absolute atomic E-state index is 0.0517. The molecule has 1 heterocycles. The molecule has 1 aliphatic rings. The van der Waals surface area contributed by atoms with E-state index in [9.17, 15) is 9.59 Å². The molecule has 0 saturated carbocycles. The monoisotopic (exact) mass is 242 g/mol. The molecule has 1 rings (SSSR count). The maximum atomic E-state index is 11.9. The van der Waals surface area contributed by atoms with Crippen molar-refractivity contribution in [3.8, 4) is 0 Å². The Bertz CT molecular complexity index is 291. The van der Waals surface area contributed by atoms with Gasteiger partial charge in [0.15, 0.2) is 0 Å². The van der Waals surface area contributed by atoms with Crippen LogP contribution in [-0.2, 0) is 14.3 Å². The first-order chi connectivity index (χ1) is 7.97. The van der Waals surface area contributed by atoms with Gasteiger partial charge < -0.3 is 9.64 Å². The topological polar surface area (TPSA) is 49.9 Å². The van der Waals surface area contributed by atoms with Crippen molar-refractivity contribution < 1.29 is 14.3 Å². The number of esters is 1. The van der Waals surface area contributed by atoms with Gasteiger partial charge in [-0.15, -0.1) is 0 Å². The molecule has 1 aliphatic heterocycles. The molecule has 1 fully saturated rings. The van der Waals surface area contributed by atoms with Crippen molar-refractivity contribution in [3.05, 3.63) is 0 Å². The van der Waals surface area contributed by atoms with Crippen molar-refractivity contribution >= 4 is 11.9 Å². The van der Waals surface area contributed by atoms with Gasteiger partial charge in [-0.3, -0.25) is 14.5 Å². The zero-order valence-corrected chi connectivity index (χ0v) is 11.1. The van der Waals surface area contributed by atoms with Crippen LogP contribution in [0.5, 0.6) is 0 Å². The fourth-order valence-corrected chi connectivity index (χ4v) is 1.99. The standard InChI is InChI=1S/C12H22N2O3/c1-9(2)13(3)11(15)8-14-7-5-6-10(14)12(16)17-4/h9-10H,5-8H2,1-4H3. The van der Waals surface area contributed by atoms with Crippen LogP contribution in [0.1, 0.15) is 26.7 Å². The van der Waals surface area contributed by atoms with Crippen molar-refractivity contribution in [1.29, 1.82) is 0 Å². The highest BCUT2D eigenvalue weighted by Gasteiger charge is 2.33. The molecule has 1 atom stereocenters. The summed E-state index contributed by atoms with van der Waals surface area (Å²) in [6, 6.07) is -0.0637. The highest BCUT2D eigenvalue weighted by atomic mass is 16.5. The molecule has 5 heteroatoms. The lowest BCUT2D eigenvalue weighted by atomic mass is 10.2. The third-order valence-corrected chi connectivity index (χ3v) is 3.34. The van der Waals surface area contributed by atoms with Gasteiger partial charge in [0.05, 0.1) is 13.7 Å². The number of hydrogen-bond acceptors (Lipinski definition) is 4. The van der Waals surface area contributed by atoms with Gasteiger partial charge in [0.1, 0.15) is 6.04 Å². The molecule has 0 aromatic heterocycles. The molecule has 98 valence electrons. The maximum Gasteiger partial charge on any atom is 0.323 e. The van der Waals surface area contributed by atoms with Crippen molar-refractivity contribution in [1.82, 2.24) is 9.80 Å². The Morgan fingerprint density at radius 1 is 1.47 bits per heavy atom. The minimum atomic E-state index is -0.246. The summed E-state index contributed by atoms with van der Waals surface area (Å²) in [6.45, 7) is 5.03. The summed E-state index contributed by atoms with van der Waals surface area (Å²) in [5.41, 5.74) is 0. The van der Waals surface area contributed by atoms with Gasteiger partial charge in [0, 0.05) is 13.1 Å². The smallest absolute Gasteiger partial charge is 0.323 e. The summed E-state index contributed by atoms with van der Waals surface area (Å²) in [4.78, 5) is 27.1. The lowest BCUT2D eigenvalue weighted by Crippen LogP contribution is -2.45. The molecule has 0 spiro atoms. The minimum Gasteiger partial charge on any atom is -0.468 e. The summed E-state index contributed by atoms with van der Waals surface area (Å²) < 4.78 is 4.75. The number of methoxy groups -OCH3 is 1. The van der Waals surface area contributed by atoms with Crippen LogP contribution < -0.4 is 0 Å². The van der Waals surface area contributed by atoms with Crippen LogP contribution in [0, 0.1) is 0 Å². The fraction of sp³-hybridized carbons (Fsp3) is 0.833. The average Bonchev–Trinajstić information content (AvgIpc) is 2.74. The summed E-state index contributed by atoms with van der Waals surface area (Å²) in [5, 5.41) is 0. The Morgan fingerprint density at radius 3 is 2.65 bits per heavy atom. The van der Waals surface area contributed by atoms with Crippen LogP contribution in [0.15, 0.2) is 0 Å². The Kier molecular flexibility index (Phi) is 4.93. The van der Waals surface area contributed by atoms with Crippen LogP contribution in [0.2, 0.25) is 0 Å². The highest BCUT2D eigenvalue weighted by Crippen LogP contribution is 2.18. The Balaban J connectivity index is 2.56. The van der Waals surface area contributed by atoms with E-state index in [2.05, 4.69) is 0 Å². The number of likely N-dealkylation sites (N-methyl/N-ethyl adjacent to an activating group) is 1. The van der Waals surface area contributed by atoms with Gasteiger partial charge in [-0.1, -0.05) is 0 Å². The molecule has 17 heavy (non-hydrogen) atoms. The van der Waals surface area contributed by atoms with Crippen LogP contribution >= 0.6 is 0 Å². The van der Waals surface area contributed by atoms with Crippen molar-refractivity contribution in [3.63, 3.8) is 0 Å². The largest absolute Gasteiger partial charge is 0.468 e. The first-order valence-electron chi connectivity index (χ1n) is 6.05. The molecule has 0 aromatic rings. The summed E-state index contributed by atoms with van der Waals surface area (Å²) >= 11 is 0. The number of carbonyl (C=O) groups excluding carboxylic acids is 2. The van der Waals surface area contributed by atoms with E-state index in [0.29, 0.717) is 6.54 Å². The Hall–Kier alpha value is -1.10. The Morgan fingerprint density at radius 2 is 2.12 bits per heavy atom. The molecular weight excluding hydrogens is 220 g/mol. The first kappa shape index (κ1) is 14.0. The number of carbonyl (C=O) groups is 2. The predicted octanol–water partition coefficient (Wildman–Crippen LogP) is 0.491. The zero-order chi connectivity index (χ0) is 13.0. The first-order valence-corrected chi connectivity index (χ1v) is 6.05. The molecule has 5 nitrogen and oxygen atoms in total. The molecule has 0 bridgehead atoms. The van der Waals surface area contributed by atoms with Gasteiger partial charge in [0.25, 0.3) is 0 Å².